The van der Waals surface area contributed by atoms with Crippen LogP contribution in [0.3, 0.4) is 0 Å². The maximum absolute atomic E-state index is 12.4. The van der Waals surface area contributed by atoms with E-state index in [1.54, 1.807) is 19.2 Å². The first-order valence-electron chi connectivity index (χ1n) is 10.1. The quantitative estimate of drug-likeness (QED) is 0.743. The van der Waals surface area contributed by atoms with E-state index in [9.17, 15) is 19.6 Å². The van der Waals surface area contributed by atoms with Crippen molar-refractivity contribution in [3.8, 4) is 6.07 Å². The van der Waals surface area contributed by atoms with Gasteiger partial charge in [0.05, 0.1) is 6.07 Å². The fraction of sp³-hybridized carbons (Fsp3) is 0.391. The van der Waals surface area contributed by atoms with Crippen molar-refractivity contribution < 1.29 is 19.1 Å². The van der Waals surface area contributed by atoms with Gasteiger partial charge in [0.15, 0.2) is 6.61 Å². The fourth-order valence-electron chi connectivity index (χ4n) is 3.77. The van der Waals surface area contributed by atoms with Gasteiger partial charge in [-0.2, -0.15) is 5.26 Å². The smallest absolute Gasteiger partial charge is 0.325 e. The Balaban J connectivity index is 1.48. The van der Waals surface area contributed by atoms with Crippen LogP contribution in [-0.4, -0.2) is 48.4 Å². The summed E-state index contributed by atoms with van der Waals surface area (Å²) in [6.07, 6.45) is 4.10. The van der Waals surface area contributed by atoms with Crippen molar-refractivity contribution in [2.24, 2.45) is 0 Å². The molecule has 1 aliphatic carbocycles. The van der Waals surface area contributed by atoms with Gasteiger partial charge in [0, 0.05) is 12.6 Å². The first-order valence-corrected chi connectivity index (χ1v) is 10.1. The van der Waals surface area contributed by atoms with Gasteiger partial charge in [-0.1, -0.05) is 49.6 Å². The van der Waals surface area contributed by atoms with Gasteiger partial charge in [-0.15, -0.1) is 0 Å². The van der Waals surface area contributed by atoms with Crippen molar-refractivity contribution in [2.45, 2.75) is 37.6 Å². The maximum Gasteiger partial charge on any atom is 0.325 e. The molecule has 1 fully saturated rings. The third-order valence-corrected chi connectivity index (χ3v) is 5.67. The molecule has 0 bridgehead atoms. The fourth-order valence-corrected chi connectivity index (χ4v) is 3.77. The molecule has 30 heavy (non-hydrogen) atoms. The molecule has 0 spiro atoms. The van der Waals surface area contributed by atoms with E-state index in [0.29, 0.717) is 18.4 Å². The largest absolute Gasteiger partial charge is 0.454 e. The van der Waals surface area contributed by atoms with Crippen molar-refractivity contribution >= 4 is 28.6 Å². The Kier molecular flexibility index (Phi) is 6.68. The molecule has 1 saturated carbocycles. The van der Waals surface area contributed by atoms with Crippen LogP contribution in [0.5, 0.6) is 0 Å². The molecule has 2 amide bonds. The summed E-state index contributed by atoms with van der Waals surface area (Å²) in [5.41, 5.74) is -0.392. The molecule has 0 unspecified atom stereocenters. The lowest BCUT2D eigenvalue weighted by molar-refractivity contribution is -0.152. The number of benzene rings is 2. The van der Waals surface area contributed by atoms with E-state index in [2.05, 4.69) is 11.4 Å². The minimum Gasteiger partial charge on any atom is -0.454 e. The van der Waals surface area contributed by atoms with Crippen LogP contribution in [0.1, 0.15) is 42.5 Å². The molecule has 0 radical (unpaired) electrons. The average molecular weight is 407 g/mol. The van der Waals surface area contributed by atoms with Gasteiger partial charge in [-0.05, 0) is 35.7 Å². The summed E-state index contributed by atoms with van der Waals surface area (Å²) >= 11 is 0. The Bertz CT molecular complexity index is 989. The van der Waals surface area contributed by atoms with Crippen LogP contribution >= 0.6 is 0 Å². The molecule has 3 rings (SSSR count). The summed E-state index contributed by atoms with van der Waals surface area (Å²) in [4.78, 5) is 38.1. The summed E-state index contributed by atoms with van der Waals surface area (Å²) in [5.74, 6) is -1.53. The zero-order valence-electron chi connectivity index (χ0n) is 17.0. The number of carbonyl (C=O) groups is 3. The number of esters is 1. The first kappa shape index (κ1) is 21.3. The SMILES string of the molecule is CN(C(=O)COC(=O)CNC(=O)c1ccc2ccccc2c1)C1(C#N)CCCCC1. The molecule has 0 saturated heterocycles. The molecule has 7 nitrogen and oxygen atoms in total. The van der Waals surface area contributed by atoms with Crippen molar-refractivity contribution in [1.29, 1.82) is 5.26 Å². The number of amides is 2. The lowest BCUT2D eigenvalue weighted by atomic mass is 9.81. The predicted octanol–water partition coefficient (Wildman–Crippen LogP) is 2.80. The number of hydrogen-bond donors (Lipinski definition) is 1. The number of likely N-dealkylation sites (N-methyl/N-ethyl adjacent to an activating group) is 1. The standard InChI is InChI=1S/C23H25N3O4/c1-26(23(16-24)11-5-2-6-12-23)20(27)15-30-21(28)14-25-22(29)19-10-9-17-7-3-4-8-18(17)13-19/h3-4,7-10,13H,2,5-6,11-12,14-15H2,1H3,(H,25,29). The van der Waals surface area contributed by atoms with E-state index in [4.69, 9.17) is 4.74 Å². The molecule has 2 aromatic carbocycles. The summed E-state index contributed by atoms with van der Waals surface area (Å²) in [6.45, 7) is -0.795. The highest BCUT2D eigenvalue weighted by molar-refractivity contribution is 5.99. The van der Waals surface area contributed by atoms with Crippen LogP contribution in [0.4, 0.5) is 0 Å². The minimum atomic E-state index is -0.827. The third kappa shape index (κ3) is 4.77. The maximum atomic E-state index is 12.4. The van der Waals surface area contributed by atoms with Crippen molar-refractivity contribution in [1.82, 2.24) is 10.2 Å². The zero-order chi connectivity index (χ0) is 21.6. The van der Waals surface area contributed by atoms with Crippen LogP contribution in [0, 0.1) is 11.3 Å². The van der Waals surface area contributed by atoms with Crippen LogP contribution in [0.15, 0.2) is 42.5 Å². The van der Waals surface area contributed by atoms with Crippen LogP contribution in [0.2, 0.25) is 0 Å². The second kappa shape index (κ2) is 9.40. The van der Waals surface area contributed by atoms with Crippen molar-refractivity contribution in [2.75, 3.05) is 20.2 Å². The third-order valence-electron chi connectivity index (χ3n) is 5.67. The van der Waals surface area contributed by atoms with Gasteiger partial charge >= 0.3 is 5.97 Å². The van der Waals surface area contributed by atoms with Gasteiger partial charge in [0.2, 0.25) is 0 Å². The van der Waals surface area contributed by atoms with Crippen LogP contribution in [-0.2, 0) is 14.3 Å². The summed E-state index contributed by atoms with van der Waals surface area (Å²) in [7, 11) is 1.58. The number of fused-ring (bicyclic) bond motifs is 1. The van der Waals surface area contributed by atoms with Gasteiger partial charge in [0.25, 0.3) is 11.8 Å². The summed E-state index contributed by atoms with van der Waals surface area (Å²) in [6, 6.07) is 15.2. The second-order valence-corrected chi connectivity index (χ2v) is 7.56. The summed E-state index contributed by atoms with van der Waals surface area (Å²) in [5, 5.41) is 14.0. The molecule has 1 N–H and O–H groups in total. The molecule has 7 heteroatoms. The lowest BCUT2D eigenvalue weighted by Crippen LogP contribution is -2.51. The van der Waals surface area contributed by atoms with Crippen LogP contribution in [0.25, 0.3) is 10.8 Å². The Morgan fingerprint density at radius 2 is 1.80 bits per heavy atom. The highest BCUT2D eigenvalue weighted by atomic mass is 16.5. The zero-order valence-corrected chi connectivity index (χ0v) is 17.0. The number of nitrogens with zero attached hydrogens (tertiary/aromatic N) is 2. The van der Waals surface area contributed by atoms with E-state index >= 15 is 0 Å². The van der Waals surface area contributed by atoms with E-state index in [1.807, 2.05) is 30.3 Å². The van der Waals surface area contributed by atoms with Crippen LogP contribution < -0.4 is 5.32 Å². The predicted molar refractivity (Wildman–Crippen MR) is 111 cm³/mol. The molecule has 1 aliphatic rings. The number of ether oxygens (including phenoxy) is 1. The topological polar surface area (TPSA) is 99.5 Å². The van der Waals surface area contributed by atoms with Crippen molar-refractivity contribution in [3.05, 3.63) is 48.0 Å². The number of nitrogens with one attached hydrogen (secondary N) is 1. The number of hydrogen-bond acceptors (Lipinski definition) is 5. The monoisotopic (exact) mass is 407 g/mol. The molecule has 2 aromatic rings. The molecule has 0 heterocycles. The second-order valence-electron chi connectivity index (χ2n) is 7.56. The molecule has 156 valence electrons. The normalized spacial score (nSPS) is 15.1. The number of nitriles is 1. The minimum absolute atomic E-state index is 0.341. The molecular weight excluding hydrogens is 382 g/mol. The van der Waals surface area contributed by atoms with Crippen molar-refractivity contribution in [3.63, 3.8) is 0 Å². The highest BCUT2D eigenvalue weighted by Gasteiger charge is 2.38. The molecule has 0 aromatic heterocycles. The lowest BCUT2D eigenvalue weighted by Gasteiger charge is -2.38. The Labute approximate surface area is 175 Å². The molecule has 0 atom stereocenters. The molecule has 0 aliphatic heterocycles. The van der Waals surface area contributed by atoms with E-state index in [1.165, 1.54) is 4.90 Å². The Morgan fingerprint density at radius 1 is 1.10 bits per heavy atom. The van der Waals surface area contributed by atoms with Gasteiger partial charge < -0.3 is 15.0 Å². The highest BCUT2D eigenvalue weighted by Crippen LogP contribution is 2.32. The average Bonchev–Trinajstić information content (AvgIpc) is 2.80. The van der Waals surface area contributed by atoms with E-state index in [-0.39, 0.29) is 6.54 Å². The van der Waals surface area contributed by atoms with E-state index in [0.717, 1.165) is 30.0 Å². The Hall–Kier alpha value is -3.40. The Morgan fingerprint density at radius 3 is 2.50 bits per heavy atom. The number of rotatable bonds is 6. The first-order chi connectivity index (χ1) is 14.4. The van der Waals surface area contributed by atoms with E-state index < -0.39 is 29.9 Å². The van der Waals surface area contributed by atoms with Gasteiger partial charge in [0.1, 0.15) is 12.1 Å². The van der Waals surface area contributed by atoms with Gasteiger partial charge in [-0.3, -0.25) is 14.4 Å². The van der Waals surface area contributed by atoms with Gasteiger partial charge in [-0.25, -0.2) is 0 Å². The molecular formula is C23H25N3O4. The summed E-state index contributed by atoms with van der Waals surface area (Å²) < 4.78 is 5.01. The number of carbonyl (C=O) groups excluding carboxylic acids is 3.